The van der Waals surface area contributed by atoms with Crippen molar-refractivity contribution in [2.75, 3.05) is 11.9 Å². The van der Waals surface area contributed by atoms with E-state index in [2.05, 4.69) is 10.3 Å². The van der Waals surface area contributed by atoms with Crippen LogP contribution in [0, 0.1) is 0 Å². The molecule has 0 bridgehead atoms. The molecule has 1 amide bonds. The molecule has 1 aromatic heterocycles. The third kappa shape index (κ3) is 3.69. The Hall–Kier alpha value is -2.40. The van der Waals surface area contributed by atoms with Gasteiger partial charge < -0.3 is 20.3 Å². The Balaban J connectivity index is 1.81. The van der Waals surface area contributed by atoms with Crippen molar-refractivity contribution >= 4 is 23.3 Å². The van der Waals surface area contributed by atoms with Gasteiger partial charge >= 0.3 is 11.6 Å². The average Bonchev–Trinajstić information content (AvgIpc) is 2.85. The molecule has 1 aliphatic rings. The van der Waals surface area contributed by atoms with E-state index in [0.717, 1.165) is 12.3 Å². The Kier molecular flexibility index (Phi) is 5.24. The Morgan fingerprint density at radius 2 is 2.00 bits per heavy atom. The van der Waals surface area contributed by atoms with Crippen LogP contribution in [0.25, 0.3) is 0 Å². The van der Waals surface area contributed by atoms with E-state index in [1.807, 2.05) is 0 Å². The summed E-state index contributed by atoms with van der Waals surface area (Å²) in [5, 5.41) is 21.3. The van der Waals surface area contributed by atoms with Gasteiger partial charge in [0.25, 0.3) is 5.91 Å². The summed E-state index contributed by atoms with van der Waals surface area (Å²) in [6.45, 7) is -0.843. The summed E-state index contributed by atoms with van der Waals surface area (Å²) >= 11 is 5.74. The number of ether oxygens (including phenoxy) is 1. The van der Waals surface area contributed by atoms with Gasteiger partial charge in [0.2, 0.25) is 6.23 Å². The highest BCUT2D eigenvalue weighted by molar-refractivity contribution is 6.30. The number of anilines is 1. The highest BCUT2D eigenvalue weighted by Gasteiger charge is 2.59. The van der Waals surface area contributed by atoms with Crippen molar-refractivity contribution in [3.05, 3.63) is 57.6 Å². The number of amides is 1. The molecule has 0 aliphatic carbocycles. The first kappa shape index (κ1) is 19.4. The number of aliphatic hydroxyl groups is 2. The predicted octanol–water partition coefficient (Wildman–Crippen LogP) is 1.03. The maximum Gasteiger partial charge on any atom is 0.351 e. The largest absolute Gasteiger partial charge is 0.394 e. The molecular weight excluding hydrogens is 388 g/mol. The lowest BCUT2D eigenvalue weighted by Gasteiger charge is -2.21. The van der Waals surface area contributed by atoms with E-state index in [4.69, 9.17) is 21.4 Å². The molecule has 1 unspecified atom stereocenters. The number of aliphatic hydroxyl groups excluding tert-OH is 2. The summed E-state index contributed by atoms with van der Waals surface area (Å²) in [7, 11) is 0. The molecule has 11 heteroatoms. The number of carbonyl (C=O) groups excluding carboxylic acids is 1. The first-order valence-electron chi connectivity index (χ1n) is 7.72. The molecule has 3 rings (SSSR count). The van der Waals surface area contributed by atoms with Crippen LogP contribution in [-0.2, 0) is 4.74 Å². The van der Waals surface area contributed by atoms with Gasteiger partial charge in [-0.3, -0.25) is 9.36 Å². The molecular formula is C16H14ClF2N3O5. The molecule has 3 atom stereocenters. The van der Waals surface area contributed by atoms with E-state index in [9.17, 15) is 23.5 Å². The fourth-order valence-corrected chi connectivity index (χ4v) is 2.70. The summed E-state index contributed by atoms with van der Waals surface area (Å²) in [5.74, 6) is -4.54. The van der Waals surface area contributed by atoms with Crippen molar-refractivity contribution in [1.82, 2.24) is 9.55 Å². The molecule has 1 saturated heterocycles. The van der Waals surface area contributed by atoms with Crippen molar-refractivity contribution in [3.63, 3.8) is 0 Å². The van der Waals surface area contributed by atoms with Crippen LogP contribution in [0.3, 0.4) is 0 Å². The van der Waals surface area contributed by atoms with Crippen LogP contribution in [0.15, 0.2) is 41.3 Å². The number of nitrogens with one attached hydrogen (secondary N) is 1. The van der Waals surface area contributed by atoms with Crippen LogP contribution >= 0.6 is 11.6 Å². The Morgan fingerprint density at radius 3 is 2.56 bits per heavy atom. The minimum atomic E-state index is -3.81. The summed E-state index contributed by atoms with van der Waals surface area (Å²) in [6, 6.07) is 7.06. The van der Waals surface area contributed by atoms with Gasteiger partial charge in [-0.2, -0.15) is 13.8 Å². The van der Waals surface area contributed by atoms with Gasteiger partial charge in [-0.25, -0.2) is 4.79 Å². The summed E-state index contributed by atoms with van der Waals surface area (Å²) in [6.07, 6.45) is -4.99. The van der Waals surface area contributed by atoms with Crippen LogP contribution in [0.4, 0.5) is 14.6 Å². The molecule has 3 N–H and O–H groups in total. The van der Waals surface area contributed by atoms with Gasteiger partial charge in [0.15, 0.2) is 6.10 Å². The van der Waals surface area contributed by atoms with Gasteiger partial charge in [-0.15, -0.1) is 0 Å². The van der Waals surface area contributed by atoms with Crippen LogP contribution in [0.5, 0.6) is 0 Å². The number of nitrogens with zero attached hydrogens (tertiary/aromatic N) is 2. The normalized spacial score (nSPS) is 24.0. The van der Waals surface area contributed by atoms with Crippen LogP contribution < -0.4 is 11.0 Å². The Morgan fingerprint density at radius 1 is 1.33 bits per heavy atom. The molecule has 0 saturated carbocycles. The fraction of sp³-hybridized carbons (Fsp3) is 0.312. The second kappa shape index (κ2) is 7.31. The van der Waals surface area contributed by atoms with Crippen LogP contribution in [-0.4, -0.2) is 50.4 Å². The highest BCUT2D eigenvalue weighted by atomic mass is 35.5. The predicted molar refractivity (Wildman–Crippen MR) is 89.9 cm³/mol. The standard InChI is InChI=1S/C16H14ClF2N3O5/c17-9-3-1-8(2-4-9)13(25)20-11-5-6-22(15(26)21-11)14-16(18,19)12(24)10(7-23)27-14/h1-6,10,12,14,23-24H,7H2,(H,20,21,25,26)/t10-,12-,14?/m1/s1. The molecule has 1 fully saturated rings. The van der Waals surface area contributed by atoms with Gasteiger partial charge in [-0.05, 0) is 30.3 Å². The quantitative estimate of drug-likeness (QED) is 0.705. The van der Waals surface area contributed by atoms with Gasteiger partial charge in [0, 0.05) is 16.8 Å². The second-order valence-corrected chi connectivity index (χ2v) is 6.23. The smallest absolute Gasteiger partial charge is 0.351 e. The molecule has 2 aromatic rings. The number of aromatic nitrogens is 2. The van der Waals surface area contributed by atoms with Crippen molar-refractivity contribution in [2.24, 2.45) is 0 Å². The lowest BCUT2D eigenvalue weighted by Crippen LogP contribution is -2.41. The monoisotopic (exact) mass is 401 g/mol. The van der Waals surface area contributed by atoms with E-state index >= 15 is 0 Å². The summed E-state index contributed by atoms with van der Waals surface area (Å²) < 4.78 is 33.6. The number of hydrogen-bond acceptors (Lipinski definition) is 6. The fourth-order valence-electron chi connectivity index (χ4n) is 2.57. The Bertz CT molecular complexity index is 906. The number of alkyl halides is 2. The zero-order valence-corrected chi connectivity index (χ0v) is 14.3. The highest BCUT2D eigenvalue weighted by Crippen LogP contribution is 2.41. The van der Waals surface area contributed by atoms with Gasteiger partial charge in [0.1, 0.15) is 11.9 Å². The molecule has 2 heterocycles. The average molecular weight is 402 g/mol. The van der Waals surface area contributed by atoms with Crippen molar-refractivity contribution < 1.29 is 28.5 Å². The van der Waals surface area contributed by atoms with Crippen LogP contribution in [0.1, 0.15) is 16.6 Å². The number of benzene rings is 1. The van der Waals surface area contributed by atoms with E-state index < -0.39 is 42.6 Å². The number of rotatable bonds is 4. The zero-order valence-electron chi connectivity index (χ0n) is 13.6. The van der Waals surface area contributed by atoms with Crippen LogP contribution in [0.2, 0.25) is 5.02 Å². The van der Waals surface area contributed by atoms with Gasteiger partial charge in [-0.1, -0.05) is 11.6 Å². The minimum Gasteiger partial charge on any atom is -0.394 e. The first-order chi connectivity index (χ1) is 12.7. The third-order valence-corrected chi connectivity index (χ3v) is 4.24. The molecule has 0 radical (unpaired) electrons. The van der Waals surface area contributed by atoms with E-state index in [-0.39, 0.29) is 11.4 Å². The zero-order chi connectivity index (χ0) is 19.8. The van der Waals surface area contributed by atoms with E-state index in [1.54, 1.807) is 0 Å². The maximum absolute atomic E-state index is 14.1. The molecule has 0 spiro atoms. The topological polar surface area (TPSA) is 114 Å². The van der Waals surface area contributed by atoms with Crippen molar-refractivity contribution in [1.29, 1.82) is 0 Å². The minimum absolute atomic E-state index is 0.156. The third-order valence-electron chi connectivity index (χ3n) is 3.99. The van der Waals surface area contributed by atoms with E-state index in [1.165, 1.54) is 24.3 Å². The number of halogens is 3. The molecule has 27 heavy (non-hydrogen) atoms. The summed E-state index contributed by atoms with van der Waals surface area (Å²) in [4.78, 5) is 27.7. The first-order valence-corrected chi connectivity index (χ1v) is 8.10. The lowest BCUT2D eigenvalue weighted by atomic mass is 10.1. The lowest BCUT2D eigenvalue weighted by molar-refractivity contribution is -0.140. The van der Waals surface area contributed by atoms with Crippen molar-refractivity contribution in [2.45, 2.75) is 24.4 Å². The SMILES string of the molecule is O=C(Nc1ccn(C2O[C@H](CO)[C@@H](O)C2(F)F)c(=O)n1)c1ccc(Cl)cc1. The Labute approximate surface area is 156 Å². The van der Waals surface area contributed by atoms with Gasteiger partial charge in [0.05, 0.1) is 6.61 Å². The summed E-state index contributed by atoms with van der Waals surface area (Å²) in [5.41, 5.74) is -0.871. The maximum atomic E-state index is 14.1. The number of carbonyl (C=O) groups is 1. The molecule has 1 aromatic carbocycles. The second-order valence-electron chi connectivity index (χ2n) is 5.79. The molecule has 144 valence electrons. The molecule has 8 nitrogen and oxygen atoms in total. The number of hydrogen-bond donors (Lipinski definition) is 3. The molecule has 1 aliphatic heterocycles. The van der Waals surface area contributed by atoms with Crippen molar-refractivity contribution in [3.8, 4) is 0 Å². The van der Waals surface area contributed by atoms with E-state index in [0.29, 0.717) is 9.59 Å².